The molecule has 0 spiro atoms. The number of benzene rings is 1. The molecule has 0 radical (unpaired) electrons. The van der Waals surface area contributed by atoms with E-state index in [0.29, 0.717) is 0 Å². The Labute approximate surface area is 136 Å². The van der Waals surface area contributed by atoms with Gasteiger partial charge in [0.25, 0.3) is 0 Å². The van der Waals surface area contributed by atoms with Gasteiger partial charge in [0.05, 0.1) is 0 Å². The van der Waals surface area contributed by atoms with Gasteiger partial charge in [-0.05, 0) is 52.0 Å². The van der Waals surface area contributed by atoms with Crippen LogP contribution in [0.4, 0.5) is 0 Å². The molecule has 1 N–H and O–H groups in total. The molecule has 0 aliphatic carbocycles. The predicted octanol–water partition coefficient (Wildman–Crippen LogP) is 5.86. The van der Waals surface area contributed by atoms with Crippen LogP contribution in [0.15, 0.2) is 42.0 Å². The lowest BCUT2D eigenvalue weighted by Crippen LogP contribution is -2.36. The van der Waals surface area contributed by atoms with Gasteiger partial charge in [0.2, 0.25) is 0 Å². The van der Waals surface area contributed by atoms with E-state index in [9.17, 15) is 0 Å². The van der Waals surface area contributed by atoms with E-state index in [1.807, 2.05) is 18.2 Å². The summed E-state index contributed by atoms with van der Waals surface area (Å²) < 4.78 is 0. The minimum atomic E-state index is 0.146. The number of hydrogen-bond donors (Lipinski definition) is 1. The third-order valence-electron chi connectivity index (χ3n) is 3.05. The smallest absolute Gasteiger partial charge is 0.0492 e. The highest BCUT2D eigenvalue weighted by Crippen LogP contribution is 2.33. The Morgan fingerprint density at radius 1 is 1.19 bits per heavy atom. The van der Waals surface area contributed by atoms with E-state index in [2.05, 4.69) is 57.3 Å². The highest BCUT2D eigenvalue weighted by molar-refractivity contribution is 7.16. The van der Waals surface area contributed by atoms with Crippen LogP contribution in [-0.2, 0) is 0 Å². The van der Waals surface area contributed by atoms with Crippen LogP contribution in [0, 0.1) is 0 Å². The fourth-order valence-corrected chi connectivity index (χ4v) is 3.30. The zero-order valence-corrected chi connectivity index (χ0v) is 14.6. The summed E-state index contributed by atoms with van der Waals surface area (Å²) in [5.74, 6) is 0. The van der Waals surface area contributed by atoms with Gasteiger partial charge in [-0.15, -0.1) is 11.3 Å². The van der Waals surface area contributed by atoms with Crippen molar-refractivity contribution in [2.24, 2.45) is 0 Å². The molecule has 0 saturated carbocycles. The standard InChI is InChI=1S/C18H22ClNS/c1-13(12-20-18(2,3)4)11-14-9-10-17(21-14)15-7-5-6-8-16(15)19/h5-11,20H,12H2,1-4H3. The summed E-state index contributed by atoms with van der Waals surface area (Å²) in [6.07, 6.45) is 2.24. The van der Waals surface area contributed by atoms with Crippen molar-refractivity contribution in [2.75, 3.05) is 6.54 Å². The van der Waals surface area contributed by atoms with E-state index in [1.165, 1.54) is 15.3 Å². The van der Waals surface area contributed by atoms with Crippen molar-refractivity contribution >= 4 is 29.0 Å². The Bertz CT molecular complexity index is 635. The number of hydrogen-bond acceptors (Lipinski definition) is 2. The van der Waals surface area contributed by atoms with Crippen molar-refractivity contribution in [1.82, 2.24) is 5.32 Å². The molecule has 0 unspecified atom stereocenters. The van der Waals surface area contributed by atoms with Gasteiger partial charge in [-0.1, -0.05) is 35.4 Å². The topological polar surface area (TPSA) is 12.0 Å². The molecule has 1 nitrogen and oxygen atoms in total. The number of halogens is 1. The van der Waals surface area contributed by atoms with E-state index in [-0.39, 0.29) is 5.54 Å². The maximum absolute atomic E-state index is 6.25. The second-order valence-corrected chi connectivity index (χ2v) is 7.80. The Kier molecular flexibility index (Phi) is 5.26. The molecule has 112 valence electrons. The first kappa shape index (κ1) is 16.3. The molecule has 0 saturated heterocycles. The van der Waals surface area contributed by atoms with Gasteiger partial charge in [-0.25, -0.2) is 0 Å². The van der Waals surface area contributed by atoms with Gasteiger partial charge < -0.3 is 5.32 Å². The zero-order valence-electron chi connectivity index (χ0n) is 13.0. The first-order valence-electron chi connectivity index (χ1n) is 7.12. The van der Waals surface area contributed by atoms with Crippen molar-refractivity contribution in [1.29, 1.82) is 0 Å². The largest absolute Gasteiger partial charge is 0.308 e. The monoisotopic (exact) mass is 319 g/mol. The Morgan fingerprint density at radius 3 is 2.57 bits per heavy atom. The first-order valence-corrected chi connectivity index (χ1v) is 8.31. The number of rotatable bonds is 4. The van der Waals surface area contributed by atoms with E-state index in [4.69, 9.17) is 11.6 Å². The molecular weight excluding hydrogens is 298 g/mol. The summed E-state index contributed by atoms with van der Waals surface area (Å²) in [4.78, 5) is 2.47. The van der Waals surface area contributed by atoms with E-state index in [0.717, 1.165) is 17.1 Å². The van der Waals surface area contributed by atoms with E-state index < -0.39 is 0 Å². The summed E-state index contributed by atoms with van der Waals surface area (Å²) in [7, 11) is 0. The maximum Gasteiger partial charge on any atom is 0.0492 e. The zero-order chi connectivity index (χ0) is 15.5. The molecule has 1 aromatic heterocycles. The minimum Gasteiger partial charge on any atom is -0.308 e. The lowest BCUT2D eigenvalue weighted by atomic mass is 10.1. The van der Waals surface area contributed by atoms with E-state index in [1.54, 1.807) is 11.3 Å². The summed E-state index contributed by atoms with van der Waals surface area (Å²) in [6.45, 7) is 9.61. The van der Waals surface area contributed by atoms with Gasteiger partial charge in [-0.2, -0.15) is 0 Å². The molecule has 2 rings (SSSR count). The molecule has 0 aliphatic heterocycles. The molecule has 1 heterocycles. The van der Waals surface area contributed by atoms with Gasteiger partial charge in [0, 0.05) is 32.4 Å². The lowest BCUT2D eigenvalue weighted by Gasteiger charge is -2.20. The molecule has 0 atom stereocenters. The Hall–Kier alpha value is -1.09. The number of thiophene rings is 1. The van der Waals surface area contributed by atoms with Crippen LogP contribution >= 0.6 is 22.9 Å². The quantitative estimate of drug-likeness (QED) is 0.744. The van der Waals surface area contributed by atoms with Gasteiger partial charge in [0.1, 0.15) is 0 Å². The lowest BCUT2D eigenvalue weighted by molar-refractivity contribution is 0.445. The minimum absolute atomic E-state index is 0.146. The fraction of sp³-hybridized carbons (Fsp3) is 0.333. The second kappa shape index (κ2) is 6.78. The maximum atomic E-state index is 6.25. The second-order valence-electron chi connectivity index (χ2n) is 6.28. The highest BCUT2D eigenvalue weighted by Gasteiger charge is 2.09. The van der Waals surface area contributed by atoms with Crippen molar-refractivity contribution in [3.63, 3.8) is 0 Å². The molecule has 3 heteroatoms. The fourth-order valence-electron chi connectivity index (χ4n) is 1.93. The van der Waals surface area contributed by atoms with Crippen LogP contribution in [0.1, 0.15) is 32.6 Å². The third-order valence-corrected chi connectivity index (χ3v) is 4.45. The molecule has 2 aromatic rings. The number of nitrogens with one attached hydrogen (secondary N) is 1. The van der Waals surface area contributed by atoms with Crippen LogP contribution in [-0.4, -0.2) is 12.1 Å². The van der Waals surface area contributed by atoms with Gasteiger partial charge in [0.15, 0.2) is 0 Å². The first-order chi connectivity index (χ1) is 9.85. The molecule has 0 aliphatic rings. The molecule has 0 fully saturated rings. The van der Waals surface area contributed by atoms with Crippen LogP contribution < -0.4 is 5.32 Å². The van der Waals surface area contributed by atoms with Crippen molar-refractivity contribution in [3.8, 4) is 10.4 Å². The van der Waals surface area contributed by atoms with Crippen LogP contribution in [0.5, 0.6) is 0 Å². The normalized spacial score (nSPS) is 12.7. The Morgan fingerprint density at radius 2 is 1.90 bits per heavy atom. The van der Waals surface area contributed by atoms with Crippen LogP contribution in [0.25, 0.3) is 16.5 Å². The Balaban J connectivity index is 2.12. The van der Waals surface area contributed by atoms with E-state index >= 15 is 0 Å². The molecule has 21 heavy (non-hydrogen) atoms. The summed E-state index contributed by atoms with van der Waals surface area (Å²) in [6, 6.07) is 12.3. The molecule has 0 amide bonds. The van der Waals surface area contributed by atoms with Gasteiger partial charge >= 0.3 is 0 Å². The summed E-state index contributed by atoms with van der Waals surface area (Å²) in [5.41, 5.74) is 2.58. The summed E-state index contributed by atoms with van der Waals surface area (Å²) in [5, 5.41) is 4.31. The van der Waals surface area contributed by atoms with Crippen molar-refractivity contribution in [2.45, 2.75) is 33.2 Å². The van der Waals surface area contributed by atoms with Crippen molar-refractivity contribution in [3.05, 3.63) is 51.9 Å². The van der Waals surface area contributed by atoms with Crippen molar-refractivity contribution < 1.29 is 0 Å². The highest BCUT2D eigenvalue weighted by atomic mass is 35.5. The van der Waals surface area contributed by atoms with Crippen LogP contribution in [0.2, 0.25) is 5.02 Å². The van der Waals surface area contributed by atoms with Gasteiger partial charge in [-0.3, -0.25) is 0 Å². The third kappa shape index (κ3) is 4.99. The molecular formula is C18H22ClNS. The molecule has 0 bridgehead atoms. The summed E-state index contributed by atoms with van der Waals surface area (Å²) >= 11 is 8.03. The average molecular weight is 320 g/mol. The van der Waals surface area contributed by atoms with Crippen LogP contribution in [0.3, 0.4) is 0 Å². The molecule has 1 aromatic carbocycles. The average Bonchev–Trinajstić information content (AvgIpc) is 2.84. The SMILES string of the molecule is CC(=Cc1ccc(-c2ccccc2Cl)s1)CNC(C)(C)C. The predicted molar refractivity (Wildman–Crippen MR) is 96.2 cm³/mol.